The Morgan fingerprint density at radius 1 is 0.677 bits per heavy atom. The van der Waals surface area contributed by atoms with Gasteiger partial charge in [-0.05, 0) is 47.9 Å². The average molecular weight is 416 g/mol. The van der Waals surface area contributed by atoms with E-state index >= 15 is 0 Å². The zero-order valence-electron chi connectivity index (χ0n) is 18.1. The Labute approximate surface area is 184 Å². The van der Waals surface area contributed by atoms with Crippen molar-refractivity contribution in [3.8, 4) is 11.1 Å². The van der Waals surface area contributed by atoms with Gasteiger partial charge >= 0.3 is 0 Å². The Bertz CT molecular complexity index is 1140. The maximum Gasteiger partial charge on any atom is 0.0497 e. The molecule has 0 saturated heterocycles. The van der Waals surface area contributed by atoms with E-state index in [1.807, 2.05) is 0 Å². The summed E-state index contributed by atoms with van der Waals surface area (Å²) < 4.78 is 2.41. The Morgan fingerprint density at radius 3 is 2.19 bits per heavy atom. The Morgan fingerprint density at radius 2 is 1.42 bits per heavy atom. The minimum absolute atomic E-state index is 0.643. The second kappa shape index (κ2) is 10.1. The van der Waals surface area contributed by atoms with Gasteiger partial charge in [-0.2, -0.15) is 0 Å². The number of para-hydroxylation sites is 1. The lowest BCUT2D eigenvalue weighted by Gasteiger charge is -2.21. The summed E-state index contributed by atoms with van der Waals surface area (Å²) in [5.41, 5.74) is 23.7. The van der Waals surface area contributed by atoms with Crippen LogP contribution in [0.1, 0.15) is 12.0 Å². The molecule has 0 aliphatic rings. The molecule has 4 aromatic rings. The maximum atomic E-state index is 5.82. The zero-order valence-corrected chi connectivity index (χ0v) is 18.1. The molecule has 0 fully saturated rings. The molecular formula is C26H33N5. The van der Waals surface area contributed by atoms with Crippen LogP contribution in [0.4, 0.5) is 0 Å². The first kappa shape index (κ1) is 21.5. The van der Waals surface area contributed by atoms with E-state index in [-0.39, 0.29) is 0 Å². The van der Waals surface area contributed by atoms with Crippen molar-refractivity contribution in [1.29, 1.82) is 0 Å². The molecule has 3 aromatic carbocycles. The van der Waals surface area contributed by atoms with E-state index in [1.165, 1.54) is 38.5 Å². The number of rotatable bonds is 10. The number of nitrogens with two attached hydrogens (primary N) is 3. The SMILES string of the molecule is NCCCn1c2ccccc2c2ccc(-c3cccc(CN(CCN)CCN)c3)cc21. The molecule has 0 spiro atoms. The average Bonchev–Trinajstić information content (AvgIpc) is 3.11. The van der Waals surface area contributed by atoms with E-state index in [9.17, 15) is 0 Å². The van der Waals surface area contributed by atoms with E-state index in [0.29, 0.717) is 19.6 Å². The van der Waals surface area contributed by atoms with Crippen molar-refractivity contribution in [3.63, 3.8) is 0 Å². The second-order valence-electron chi connectivity index (χ2n) is 8.10. The first-order valence-corrected chi connectivity index (χ1v) is 11.2. The molecule has 0 atom stereocenters. The summed E-state index contributed by atoms with van der Waals surface area (Å²) >= 11 is 0. The summed E-state index contributed by atoms with van der Waals surface area (Å²) in [4.78, 5) is 2.31. The van der Waals surface area contributed by atoms with Gasteiger partial charge in [-0.3, -0.25) is 4.90 Å². The van der Waals surface area contributed by atoms with Crippen LogP contribution in [0.5, 0.6) is 0 Å². The number of aryl methyl sites for hydroxylation is 1. The van der Waals surface area contributed by atoms with Gasteiger partial charge in [0.1, 0.15) is 0 Å². The fourth-order valence-electron chi connectivity index (χ4n) is 4.46. The molecule has 6 N–H and O–H groups in total. The van der Waals surface area contributed by atoms with Crippen molar-refractivity contribution in [2.45, 2.75) is 19.5 Å². The van der Waals surface area contributed by atoms with E-state index in [2.05, 4.69) is 76.2 Å². The van der Waals surface area contributed by atoms with Crippen LogP contribution >= 0.6 is 0 Å². The van der Waals surface area contributed by atoms with Gasteiger partial charge in [0.05, 0.1) is 0 Å². The number of nitrogens with zero attached hydrogens (tertiary/aromatic N) is 2. The first-order valence-electron chi connectivity index (χ1n) is 11.2. The molecule has 5 nitrogen and oxygen atoms in total. The van der Waals surface area contributed by atoms with Crippen LogP contribution in [-0.4, -0.2) is 42.2 Å². The second-order valence-corrected chi connectivity index (χ2v) is 8.10. The van der Waals surface area contributed by atoms with Gasteiger partial charge in [-0.1, -0.05) is 48.5 Å². The van der Waals surface area contributed by atoms with Gasteiger partial charge in [0.25, 0.3) is 0 Å². The molecule has 162 valence electrons. The normalized spacial score (nSPS) is 11.7. The van der Waals surface area contributed by atoms with Gasteiger partial charge < -0.3 is 21.8 Å². The van der Waals surface area contributed by atoms with E-state index in [0.717, 1.165) is 32.6 Å². The monoisotopic (exact) mass is 415 g/mol. The predicted molar refractivity (Wildman–Crippen MR) is 132 cm³/mol. The van der Waals surface area contributed by atoms with E-state index < -0.39 is 0 Å². The Kier molecular flexibility index (Phi) is 6.99. The van der Waals surface area contributed by atoms with Crippen molar-refractivity contribution in [2.24, 2.45) is 17.2 Å². The summed E-state index contributed by atoms with van der Waals surface area (Å²) in [6.45, 7) is 5.48. The highest BCUT2D eigenvalue weighted by atomic mass is 15.1. The smallest absolute Gasteiger partial charge is 0.0497 e. The van der Waals surface area contributed by atoms with Crippen LogP contribution in [-0.2, 0) is 13.1 Å². The zero-order chi connectivity index (χ0) is 21.6. The molecule has 0 amide bonds. The lowest BCUT2D eigenvalue weighted by molar-refractivity contribution is 0.281. The quantitative estimate of drug-likeness (QED) is 0.370. The van der Waals surface area contributed by atoms with Gasteiger partial charge in [0.15, 0.2) is 0 Å². The molecule has 0 aliphatic heterocycles. The summed E-state index contributed by atoms with van der Waals surface area (Å²) in [6.07, 6.45) is 0.964. The largest absolute Gasteiger partial charge is 0.340 e. The highest BCUT2D eigenvalue weighted by molar-refractivity contribution is 6.09. The summed E-state index contributed by atoms with van der Waals surface area (Å²) in [5.74, 6) is 0. The lowest BCUT2D eigenvalue weighted by Crippen LogP contribution is -2.33. The minimum atomic E-state index is 0.643. The van der Waals surface area contributed by atoms with Gasteiger partial charge in [-0.15, -0.1) is 0 Å². The van der Waals surface area contributed by atoms with Crippen LogP contribution in [0.15, 0.2) is 66.7 Å². The van der Waals surface area contributed by atoms with E-state index in [1.54, 1.807) is 0 Å². The molecule has 0 aliphatic carbocycles. The van der Waals surface area contributed by atoms with Crippen molar-refractivity contribution in [2.75, 3.05) is 32.7 Å². The fourth-order valence-corrected chi connectivity index (χ4v) is 4.46. The standard InChI is InChI=1S/C26H33N5/c27-11-4-14-31-25-8-2-1-7-23(25)24-10-9-22(18-26(24)31)21-6-3-5-20(17-21)19-30(15-12-28)16-13-29/h1-3,5-10,17-18H,4,11-16,19,27-29H2. The molecule has 0 radical (unpaired) electrons. The molecule has 31 heavy (non-hydrogen) atoms. The number of hydrogen-bond acceptors (Lipinski definition) is 4. The van der Waals surface area contributed by atoms with Crippen LogP contribution in [0.2, 0.25) is 0 Å². The van der Waals surface area contributed by atoms with Crippen molar-refractivity contribution < 1.29 is 0 Å². The van der Waals surface area contributed by atoms with E-state index in [4.69, 9.17) is 17.2 Å². The third kappa shape index (κ3) is 4.65. The van der Waals surface area contributed by atoms with Crippen LogP contribution in [0.3, 0.4) is 0 Å². The topological polar surface area (TPSA) is 86.2 Å². The van der Waals surface area contributed by atoms with Gasteiger partial charge in [-0.25, -0.2) is 0 Å². The molecular weight excluding hydrogens is 382 g/mol. The molecule has 0 unspecified atom stereocenters. The molecule has 5 heteroatoms. The summed E-state index contributed by atoms with van der Waals surface area (Å²) in [6, 6.07) is 24.2. The number of fused-ring (bicyclic) bond motifs is 3. The van der Waals surface area contributed by atoms with Crippen LogP contribution in [0, 0.1) is 0 Å². The number of benzene rings is 3. The first-order chi connectivity index (χ1) is 15.2. The summed E-state index contributed by atoms with van der Waals surface area (Å²) in [7, 11) is 0. The fraction of sp³-hybridized carbons (Fsp3) is 0.308. The summed E-state index contributed by atoms with van der Waals surface area (Å²) in [5, 5.41) is 2.60. The minimum Gasteiger partial charge on any atom is -0.340 e. The van der Waals surface area contributed by atoms with Gasteiger partial charge in [0, 0.05) is 61.1 Å². The lowest BCUT2D eigenvalue weighted by atomic mass is 10.0. The molecule has 4 rings (SSSR count). The van der Waals surface area contributed by atoms with Crippen molar-refractivity contribution >= 4 is 21.8 Å². The molecule has 0 bridgehead atoms. The maximum absolute atomic E-state index is 5.82. The predicted octanol–water partition coefficient (Wildman–Crippen LogP) is 3.53. The molecule has 0 saturated carbocycles. The van der Waals surface area contributed by atoms with Gasteiger partial charge in [0.2, 0.25) is 0 Å². The van der Waals surface area contributed by atoms with Crippen LogP contribution < -0.4 is 17.2 Å². The van der Waals surface area contributed by atoms with Crippen molar-refractivity contribution in [3.05, 3.63) is 72.3 Å². The Balaban J connectivity index is 1.72. The number of hydrogen-bond donors (Lipinski definition) is 3. The Hall–Kier alpha value is -2.70. The number of aromatic nitrogens is 1. The molecule has 1 aromatic heterocycles. The highest BCUT2D eigenvalue weighted by Crippen LogP contribution is 2.33. The third-order valence-electron chi connectivity index (χ3n) is 5.92. The highest BCUT2D eigenvalue weighted by Gasteiger charge is 2.12. The van der Waals surface area contributed by atoms with Crippen molar-refractivity contribution in [1.82, 2.24) is 9.47 Å². The third-order valence-corrected chi connectivity index (χ3v) is 5.92. The molecule has 1 heterocycles. The van der Waals surface area contributed by atoms with Crippen LogP contribution in [0.25, 0.3) is 32.9 Å².